The molecule has 0 atom stereocenters. The van der Waals surface area contributed by atoms with Gasteiger partial charge in [-0.15, -0.1) is 11.8 Å². The first-order valence-electron chi connectivity index (χ1n) is 5.87. The van der Waals surface area contributed by atoms with E-state index >= 15 is 0 Å². The van der Waals surface area contributed by atoms with Gasteiger partial charge in [0.05, 0.1) is 4.90 Å². The van der Waals surface area contributed by atoms with E-state index in [1.54, 1.807) is 48.2 Å². The van der Waals surface area contributed by atoms with E-state index in [1.165, 1.54) is 0 Å². The molecule has 20 heavy (non-hydrogen) atoms. The Morgan fingerprint density at radius 1 is 1.05 bits per heavy atom. The Hall–Kier alpha value is -0.980. The molecule has 6 heteroatoms. The van der Waals surface area contributed by atoms with Crippen molar-refractivity contribution in [3.8, 4) is 0 Å². The van der Waals surface area contributed by atoms with Crippen molar-refractivity contribution in [2.24, 2.45) is 0 Å². The second-order valence-electron chi connectivity index (χ2n) is 4.11. The molecule has 0 saturated heterocycles. The summed E-state index contributed by atoms with van der Waals surface area (Å²) in [6, 6.07) is 14.1. The van der Waals surface area contributed by atoms with Crippen molar-refractivity contribution in [1.82, 2.24) is 0 Å². The lowest BCUT2D eigenvalue weighted by atomic mass is 10.2. The van der Waals surface area contributed by atoms with Gasteiger partial charge >= 0.3 is 0 Å². The molecule has 0 bridgehead atoms. The van der Waals surface area contributed by atoms with Crippen LogP contribution < -0.4 is 4.72 Å². The van der Waals surface area contributed by atoms with Crippen LogP contribution in [0.15, 0.2) is 58.3 Å². The normalized spacial score (nSPS) is 11.3. The molecule has 0 radical (unpaired) electrons. The van der Waals surface area contributed by atoms with Crippen molar-refractivity contribution in [2.45, 2.75) is 15.1 Å². The first-order chi connectivity index (χ1) is 9.55. The van der Waals surface area contributed by atoms with E-state index in [4.69, 9.17) is 0 Å². The second kappa shape index (κ2) is 6.65. The molecule has 106 valence electrons. The van der Waals surface area contributed by atoms with Crippen LogP contribution in [0.1, 0.15) is 5.56 Å². The Kier molecular flexibility index (Phi) is 5.12. The van der Waals surface area contributed by atoms with Crippen LogP contribution in [0.25, 0.3) is 0 Å². The van der Waals surface area contributed by atoms with Crippen molar-refractivity contribution < 1.29 is 8.42 Å². The first kappa shape index (κ1) is 15.4. The summed E-state index contributed by atoms with van der Waals surface area (Å²) >= 11 is 4.95. The van der Waals surface area contributed by atoms with Gasteiger partial charge in [-0.2, -0.15) is 0 Å². The zero-order valence-corrected chi connectivity index (χ0v) is 14.1. The highest BCUT2D eigenvalue weighted by Crippen LogP contribution is 2.20. The second-order valence-corrected chi connectivity index (χ2v) is 7.23. The molecule has 0 aromatic heterocycles. The quantitative estimate of drug-likeness (QED) is 0.635. The average molecular weight is 372 g/mol. The Morgan fingerprint density at radius 3 is 2.15 bits per heavy atom. The molecule has 2 aromatic rings. The topological polar surface area (TPSA) is 46.2 Å². The summed E-state index contributed by atoms with van der Waals surface area (Å²) in [5.74, 6) is 0. The third kappa shape index (κ3) is 3.77. The van der Waals surface area contributed by atoms with Crippen LogP contribution in [0.4, 0.5) is 5.69 Å². The molecule has 0 spiro atoms. The molecule has 0 unspecified atom stereocenters. The molecule has 0 aliphatic rings. The number of alkyl halides is 1. The van der Waals surface area contributed by atoms with E-state index in [-0.39, 0.29) is 4.90 Å². The summed E-state index contributed by atoms with van der Waals surface area (Å²) in [6.07, 6.45) is 1.98. The highest BCUT2D eigenvalue weighted by molar-refractivity contribution is 9.08. The van der Waals surface area contributed by atoms with Crippen molar-refractivity contribution in [3.63, 3.8) is 0 Å². The Bertz CT molecular complexity index is 667. The van der Waals surface area contributed by atoms with Crippen LogP contribution in [0.5, 0.6) is 0 Å². The molecular formula is C14H14BrNO2S2. The Morgan fingerprint density at radius 2 is 1.65 bits per heavy atom. The monoisotopic (exact) mass is 371 g/mol. The van der Waals surface area contributed by atoms with Crippen molar-refractivity contribution in [2.75, 3.05) is 11.0 Å². The largest absolute Gasteiger partial charge is 0.280 e. The SMILES string of the molecule is CSc1ccc(NS(=O)(=O)c2ccc(CBr)cc2)cc1. The smallest absolute Gasteiger partial charge is 0.261 e. The minimum absolute atomic E-state index is 0.260. The Balaban J connectivity index is 2.20. The van der Waals surface area contributed by atoms with Crippen molar-refractivity contribution >= 4 is 43.4 Å². The maximum Gasteiger partial charge on any atom is 0.261 e. The van der Waals surface area contributed by atoms with Crippen LogP contribution in [0.2, 0.25) is 0 Å². The summed E-state index contributed by atoms with van der Waals surface area (Å²) in [5, 5.41) is 0.705. The number of hydrogen-bond donors (Lipinski definition) is 1. The standard InChI is InChI=1S/C14H14BrNO2S2/c1-19-13-6-4-12(5-7-13)16-20(17,18)14-8-2-11(10-15)3-9-14/h2-9,16H,10H2,1H3. The number of thioether (sulfide) groups is 1. The van der Waals surface area contributed by atoms with Gasteiger partial charge in [-0.05, 0) is 48.2 Å². The van der Waals surface area contributed by atoms with E-state index in [0.717, 1.165) is 10.5 Å². The van der Waals surface area contributed by atoms with Crippen LogP contribution >= 0.6 is 27.7 Å². The fourth-order valence-corrected chi connectivity index (χ4v) is 3.47. The third-order valence-electron chi connectivity index (χ3n) is 2.73. The number of hydrogen-bond acceptors (Lipinski definition) is 3. The molecule has 0 aliphatic carbocycles. The number of sulfonamides is 1. The maximum atomic E-state index is 12.2. The average Bonchev–Trinajstić information content (AvgIpc) is 2.48. The van der Waals surface area contributed by atoms with Crippen LogP contribution in [-0.2, 0) is 15.4 Å². The van der Waals surface area contributed by atoms with E-state index in [2.05, 4.69) is 20.7 Å². The summed E-state index contributed by atoms with van der Waals surface area (Å²) in [6.45, 7) is 0. The summed E-state index contributed by atoms with van der Waals surface area (Å²) in [5.41, 5.74) is 1.60. The van der Waals surface area contributed by atoms with E-state index < -0.39 is 10.0 Å². The fraction of sp³-hybridized carbons (Fsp3) is 0.143. The van der Waals surface area contributed by atoms with Gasteiger partial charge in [-0.1, -0.05) is 28.1 Å². The number of halogens is 1. The number of nitrogens with one attached hydrogen (secondary N) is 1. The molecule has 2 rings (SSSR count). The van der Waals surface area contributed by atoms with Gasteiger partial charge in [0.2, 0.25) is 0 Å². The minimum Gasteiger partial charge on any atom is -0.280 e. The predicted molar refractivity (Wildman–Crippen MR) is 88.1 cm³/mol. The van der Waals surface area contributed by atoms with Gasteiger partial charge < -0.3 is 0 Å². The lowest BCUT2D eigenvalue weighted by Crippen LogP contribution is -2.12. The molecule has 2 aromatic carbocycles. The summed E-state index contributed by atoms with van der Waals surface area (Å²) < 4.78 is 27.0. The lowest BCUT2D eigenvalue weighted by Gasteiger charge is -2.09. The highest BCUT2D eigenvalue weighted by atomic mass is 79.9. The molecule has 3 nitrogen and oxygen atoms in total. The molecule has 1 N–H and O–H groups in total. The zero-order chi connectivity index (χ0) is 14.6. The van der Waals surface area contributed by atoms with Gasteiger partial charge in [0.15, 0.2) is 0 Å². The van der Waals surface area contributed by atoms with E-state index in [9.17, 15) is 8.42 Å². The van der Waals surface area contributed by atoms with Crippen molar-refractivity contribution in [3.05, 3.63) is 54.1 Å². The lowest BCUT2D eigenvalue weighted by molar-refractivity contribution is 0.601. The summed E-state index contributed by atoms with van der Waals surface area (Å²) in [7, 11) is -3.53. The molecule has 0 amide bonds. The molecule has 0 aliphatic heterocycles. The highest BCUT2D eigenvalue weighted by Gasteiger charge is 2.13. The van der Waals surface area contributed by atoms with E-state index in [1.807, 2.05) is 18.4 Å². The van der Waals surface area contributed by atoms with Gasteiger partial charge in [0, 0.05) is 15.9 Å². The zero-order valence-electron chi connectivity index (χ0n) is 10.8. The molecule has 0 heterocycles. The predicted octanol–water partition coefficient (Wildman–Crippen LogP) is 4.10. The Labute approximate surface area is 132 Å². The minimum atomic E-state index is -3.53. The molecule has 0 saturated carbocycles. The van der Waals surface area contributed by atoms with Gasteiger partial charge in [-0.25, -0.2) is 8.42 Å². The van der Waals surface area contributed by atoms with Gasteiger partial charge in [0.1, 0.15) is 0 Å². The van der Waals surface area contributed by atoms with E-state index in [0.29, 0.717) is 11.0 Å². The third-order valence-corrected chi connectivity index (χ3v) is 5.52. The van der Waals surface area contributed by atoms with Crippen molar-refractivity contribution in [1.29, 1.82) is 0 Å². The summed E-state index contributed by atoms with van der Waals surface area (Å²) in [4.78, 5) is 1.35. The molecule has 0 fully saturated rings. The van der Waals surface area contributed by atoms with Gasteiger partial charge in [-0.3, -0.25) is 4.72 Å². The molecular weight excluding hydrogens is 358 g/mol. The number of benzene rings is 2. The van der Waals surface area contributed by atoms with Gasteiger partial charge in [0.25, 0.3) is 10.0 Å². The van der Waals surface area contributed by atoms with Crippen LogP contribution in [0.3, 0.4) is 0 Å². The first-order valence-corrected chi connectivity index (χ1v) is 9.70. The van der Waals surface area contributed by atoms with Crippen LogP contribution in [0, 0.1) is 0 Å². The fourth-order valence-electron chi connectivity index (χ4n) is 1.63. The maximum absolute atomic E-state index is 12.2. The number of rotatable bonds is 5. The van der Waals surface area contributed by atoms with Crippen LogP contribution in [-0.4, -0.2) is 14.7 Å². The number of anilines is 1.